The summed E-state index contributed by atoms with van der Waals surface area (Å²) in [4.78, 5) is 0. The lowest BCUT2D eigenvalue weighted by Gasteiger charge is -2.32. The maximum atomic E-state index is 9.23. The molecular formula is C7H13BClIO. The molecule has 0 bridgehead atoms. The van der Waals surface area contributed by atoms with Crippen LogP contribution in [0, 0.1) is 5.92 Å². The molecule has 4 heteroatoms. The topological polar surface area (TPSA) is 20.2 Å². The molecule has 1 N–H and O–H groups in total. The quantitative estimate of drug-likeness (QED) is 0.441. The third kappa shape index (κ3) is 2.78. The molecule has 1 aliphatic rings. The van der Waals surface area contributed by atoms with Gasteiger partial charge < -0.3 is 5.11 Å². The molecule has 1 rings (SSSR count). The maximum absolute atomic E-state index is 9.23. The normalized spacial score (nSPS) is 41.9. The van der Waals surface area contributed by atoms with Crippen molar-refractivity contribution >= 4 is 42.0 Å². The van der Waals surface area contributed by atoms with Crippen molar-refractivity contribution < 1.29 is 5.11 Å². The fourth-order valence-corrected chi connectivity index (χ4v) is 2.98. The Morgan fingerprint density at radius 1 is 1.55 bits per heavy atom. The molecule has 0 aromatic carbocycles. The van der Waals surface area contributed by atoms with Gasteiger partial charge in [0.25, 0.3) is 0 Å². The fourth-order valence-electron chi connectivity index (χ4n) is 1.69. The SMILES string of the molecule is BC1CCC(I)CC1C(O)Cl. The molecule has 0 heterocycles. The first-order valence-corrected chi connectivity index (χ1v) is 5.75. The van der Waals surface area contributed by atoms with Crippen LogP contribution in [-0.2, 0) is 0 Å². The van der Waals surface area contributed by atoms with Gasteiger partial charge >= 0.3 is 0 Å². The van der Waals surface area contributed by atoms with Gasteiger partial charge in [0.15, 0.2) is 0 Å². The van der Waals surface area contributed by atoms with Crippen molar-refractivity contribution in [3.05, 3.63) is 0 Å². The summed E-state index contributed by atoms with van der Waals surface area (Å²) in [5.41, 5.74) is -0.637. The van der Waals surface area contributed by atoms with Crippen LogP contribution in [0.2, 0.25) is 5.82 Å². The van der Waals surface area contributed by atoms with Crippen LogP contribution in [0.3, 0.4) is 0 Å². The summed E-state index contributed by atoms with van der Waals surface area (Å²) in [5.74, 6) is 0.904. The summed E-state index contributed by atoms with van der Waals surface area (Å²) < 4.78 is 0.710. The second kappa shape index (κ2) is 4.33. The van der Waals surface area contributed by atoms with Gasteiger partial charge in [0.05, 0.1) is 0 Å². The van der Waals surface area contributed by atoms with E-state index in [1.807, 2.05) is 0 Å². The van der Waals surface area contributed by atoms with Gasteiger partial charge in [-0.15, -0.1) is 0 Å². The van der Waals surface area contributed by atoms with Gasteiger partial charge in [-0.05, 0) is 18.8 Å². The van der Waals surface area contributed by atoms with Crippen LogP contribution in [0.15, 0.2) is 0 Å². The van der Waals surface area contributed by atoms with Crippen LogP contribution >= 0.6 is 34.2 Å². The Hall–Kier alpha value is 1.04. The number of hydrogen-bond donors (Lipinski definition) is 1. The number of aliphatic hydroxyl groups is 1. The van der Waals surface area contributed by atoms with Crippen LogP contribution < -0.4 is 0 Å². The van der Waals surface area contributed by atoms with E-state index in [0.29, 0.717) is 15.7 Å². The highest BCUT2D eigenvalue weighted by Gasteiger charge is 2.30. The average molecular weight is 286 g/mol. The van der Waals surface area contributed by atoms with E-state index < -0.39 is 5.56 Å². The van der Waals surface area contributed by atoms with Gasteiger partial charge in [-0.2, -0.15) is 0 Å². The molecule has 0 spiro atoms. The number of rotatable bonds is 1. The van der Waals surface area contributed by atoms with Crippen molar-refractivity contribution in [2.45, 2.75) is 34.6 Å². The highest BCUT2D eigenvalue weighted by atomic mass is 127. The lowest BCUT2D eigenvalue weighted by molar-refractivity contribution is 0.157. The van der Waals surface area contributed by atoms with E-state index in [-0.39, 0.29) is 0 Å². The minimum absolute atomic E-state index is 0.312. The third-order valence-electron chi connectivity index (χ3n) is 2.55. The molecular weight excluding hydrogens is 273 g/mol. The predicted molar refractivity (Wildman–Crippen MR) is 59.3 cm³/mol. The molecule has 1 fully saturated rings. The van der Waals surface area contributed by atoms with Gasteiger partial charge in [0.2, 0.25) is 0 Å². The Bertz CT molecular complexity index is 134. The zero-order valence-corrected chi connectivity index (χ0v) is 9.55. The van der Waals surface area contributed by atoms with Crippen LogP contribution in [0.4, 0.5) is 0 Å². The van der Waals surface area contributed by atoms with Gasteiger partial charge in [0, 0.05) is 3.92 Å². The summed E-state index contributed by atoms with van der Waals surface area (Å²) in [6, 6.07) is 0. The Morgan fingerprint density at radius 2 is 2.18 bits per heavy atom. The van der Waals surface area contributed by atoms with E-state index >= 15 is 0 Å². The largest absolute Gasteiger partial charge is 0.377 e. The van der Waals surface area contributed by atoms with Crippen molar-refractivity contribution in [2.24, 2.45) is 5.92 Å². The Balaban J connectivity index is 2.47. The minimum Gasteiger partial charge on any atom is -0.377 e. The molecule has 1 saturated carbocycles. The van der Waals surface area contributed by atoms with Crippen molar-refractivity contribution in [1.82, 2.24) is 0 Å². The van der Waals surface area contributed by atoms with Crippen molar-refractivity contribution in [1.29, 1.82) is 0 Å². The smallest absolute Gasteiger partial charge is 0.130 e. The molecule has 0 saturated heterocycles. The Morgan fingerprint density at radius 3 is 2.64 bits per heavy atom. The average Bonchev–Trinajstić information content (AvgIpc) is 1.94. The lowest BCUT2D eigenvalue weighted by Crippen LogP contribution is -2.28. The molecule has 0 amide bonds. The van der Waals surface area contributed by atoms with Gasteiger partial charge in [0.1, 0.15) is 13.4 Å². The van der Waals surface area contributed by atoms with Crippen LogP contribution in [0.5, 0.6) is 0 Å². The number of halogens is 2. The Kier molecular flexibility index (Phi) is 3.99. The van der Waals surface area contributed by atoms with E-state index in [9.17, 15) is 5.11 Å². The van der Waals surface area contributed by atoms with Crippen LogP contribution in [-0.4, -0.2) is 22.4 Å². The number of alkyl halides is 2. The lowest BCUT2D eigenvalue weighted by atomic mass is 9.68. The van der Waals surface area contributed by atoms with Gasteiger partial charge in [-0.3, -0.25) is 0 Å². The molecule has 4 atom stereocenters. The summed E-state index contributed by atoms with van der Waals surface area (Å²) >= 11 is 8.11. The van der Waals surface area contributed by atoms with Crippen molar-refractivity contribution in [2.75, 3.05) is 0 Å². The Labute approximate surface area is 87.4 Å². The molecule has 0 aliphatic heterocycles. The summed E-state index contributed by atoms with van der Waals surface area (Å²) in [5, 5.41) is 9.23. The molecule has 4 unspecified atom stereocenters. The van der Waals surface area contributed by atoms with Crippen LogP contribution in [0.25, 0.3) is 0 Å². The highest BCUT2D eigenvalue weighted by Crippen LogP contribution is 2.38. The van der Waals surface area contributed by atoms with Gasteiger partial charge in [-0.1, -0.05) is 46.4 Å². The second-order valence-corrected chi connectivity index (χ2v) is 5.63. The molecule has 0 aromatic heterocycles. The van der Waals surface area contributed by atoms with E-state index in [4.69, 9.17) is 11.6 Å². The molecule has 0 aromatic rings. The van der Waals surface area contributed by atoms with E-state index in [1.54, 1.807) is 0 Å². The van der Waals surface area contributed by atoms with E-state index in [2.05, 4.69) is 30.4 Å². The summed E-state index contributed by atoms with van der Waals surface area (Å²) in [6.45, 7) is 0. The summed E-state index contributed by atoms with van der Waals surface area (Å²) in [7, 11) is 2.18. The molecule has 1 aliphatic carbocycles. The number of hydrogen-bond acceptors (Lipinski definition) is 1. The second-order valence-electron chi connectivity index (χ2n) is 3.42. The first-order chi connectivity index (χ1) is 5.11. The molecule has 64 valence electrons. The molecule has 0 radical (unpaired) electrons. The predicted octanol–water partition coefficient (Wildman–Crippen LogP) is 1.57. The standard InChI is InChI=1S/C7H13BClIO/c8-6-2-1-4(10)3-5(6)7(9)11/h4-7,11H,1-3,8H2. The van der Waals surface area contributed by atoms with E-state index in [1.165, 1.54) is 12.8 Å². The third-order valence-corrected chi connectivity index (χ3v) is 4.00. The molecule has 11 heavy (non-hydrogen) atoms. The zero-order chi connectivity index (χ0) is 8.43. The van der Waals surface area contributed by atoms with Crippen molar-refractivity contribution in [3.8, 4) is 0 Å². The fraction of sp³-hybridized carbons (Fsp3) is 1.00. The van der Waals surface area contributed by atoms with Crippen LogP contribution in [0.1, 0.15) is 19.3 Å². The number of aliphatic hydroxyl groups excluding tert-OH is 1. The highest BCUT2D eigenvalue weighted by molar-refractivity contribution is 14.1. The zero-order valence-electron chi connectivity index (χ0n) is 6.63. The molecule has 1 nitrogen and oxygen atoms in total. The summed E-state index contributed by atoms with van der Waals surface area (Å²) in [6.07, 6.45) is 3.57. The first kappa shape index (κ1) is 10.1. The first-order valence-electron chi connectivity index (χ1n) is 4.07. The minimum atomic E-state index is -0.637. The van der Waals surface area contributed by atoms with E-state index in [0.717, 1.165) is 6.42 Å². The monoisotopic (exact) mass is 286 g/mol. The van der Waals surface area contributed by atoms with Gasteiger partial charge in [-0.25, -0.2) is 0 Å². The van der Waals surface area contributed by atoms with Crippen molar-refractivity contribution in [3.63, 3.8) is 0 Å². The maximum Gasteiger partial charge on any atom is 0.130 e.